The third-order valence-corrected chi connectivity index (χ3v) is 4.58. The van der Waals surface area contributed by atoms with Crippen LogP contribution in [0.3, 0.4) is 0 Å². The molecule has 4 nitrogen and oxygen atoms in total. The van der Waals surface area contributed by atoms with Crippen LogP contribution in [0.15, 0.2) is 48.5 Å². The second kappa shape index (κ2) is 9.47. The number of ketones is 1. The number of hydrogen-bond donors (Lipinski definition) is 2. The van der Waals surface area contributed by atoms with Gasteiger partial charge in [-0.1, -0.05) is 38.1 Å². The Kier molecular flexibility index (Phi) is 7.31. The quantitative estimate of drug-likeness (QED) is 0.662. The Bertz CT molecular complexity index is 764. The van der Waals surface area contributed by atoms with Gasteiger partial charge in [-0.3, -0.25) is 14.9 Å². The van der Waals surface area contributed by atoms with Crippen LogP contribution in [0.5, 0.6) is 0 Å². The lowest BCUT2D eigenvalue weighted by molar-refractivity contribution is -0.117. The van der Waals surface area contributed by atoms with Gasteiger partial charge in [-0.2, -0.15) is 0 Å². The van der Waals surface area contributed by atoms with Crippen molar-refractivity contribution in [2.24, 2.45) is 5.92 Å². The number of Topliss-reactive ketones (excluding diaryl/α,β-unsaturated/α-hetero) is 1. The maximum absolute atomic E-state index is 12.4. The Morgan fingerprint density at radius 3 is 2.00 bits per heavy atom. The first-order valence-electron chi connectivity index (χ1n) is 9.53. The molecule has 2 rings (SSSR count). The van der Waals surface area contributed by atoms with Gasteiger partial charge in [0.1, 0.15) is 0 Å². The highest BCUT2D eigenvalue weighted by Crippen LogP contribution is 2.17. The van der Waals surface area contributed by atoms with Crippen LogP contribution in [0.25, 0.3) is 0 Å². The fourth-order valence-corrected chi connectivity index (χ4v) is 3.00. The molecule has 0 aliphatic heterocycles. The number of carbonyl (C=O) groups excluding carboxylic acids is 2. The second-order valence-electron chi connectivity index (χ2n) is 7.57. The molecule has 0 unspecified atom stereocenters. The molecule has 0 bridgehead atoms. The van der Waals surface area contributed by atoms with Gasteiger partial charge in [-0.15, -0.1) is 0 Å². The van der Waals surface area contributed by atoms with Gasteiger partial charge >= 0.3 is 0 Å². The van der Waals surface area contributed by atoms with Crippen molar-refractivity contribution in [1.29, 1.82) is 0 Å². The van der Waals surface area contributed by atoms with Crippen molar-refractivity contribution in [3.05, 3.63) is 65.2 Å². The number of amides is 1. The van der Waals surface area contributed by atoms with Gasteiger partial charge in [0.2, 0.25) is 5.91 Å². The van der Waals surface area contributed by atoms with Crippen LogP contribution in [0.2, 0.25) is 0 Å². The van der Waals surface area contributed by atoms with Crippen molar-refractivity contribution in [1.82, 2.24) is 5.32 Å². The van der Waals surface area contributed by atoms with Crippen molar-refractivity contribution in [2.75, 3.05) is 5.32 Å². The highest BCUT2D eigenvalue weighted by molar-refractivity contribution is 5.96. The summed E-state index contributed by atoms with van der Waals surface area (Å²) in [4.78, 5) is 23.8. The molecule has 2 atom stereocenters. The predicted octanol–water partition coefficient (Wildman–Crippen LogP) is 4.77. The second-order valence-corrected chi connectivity index (χ2v) is 7.57. The summed E-state index contributed by atoms with van der Waals surface area (Å²) in [5.41, 5.74) is 3.81. The minimum absolute atomic E-state index is 0.0103. The zero-order chi connectivity index (χ0) is 20.0. The molecular formula is C23H30N2O2. The van der Waals surface area contributed by atoms with Gasteiger partial charge in [0.25, 0.3) is 0 Å². The first-order valence-corrected chi connectivity index (χ1v) is 9.53. The van der Waals surface area contributed by atoms with Gasteiger partial charge in [0.15, 0.2) is 5.78 Å². The molecule has 0 aromatic heterocycles. The van der Waals surface area contributed by atoms with E-state index in [1.54, 1.807) is 24.3 Å². The molecular weight excluding hydrogens is 336 g/mol. The average molecular weight is 367 g/mol. The van der Waals surface area contributed by atoms with E-state index in [-0.39, 0.29) is 23.8 Å². The Morgan fingerprint density at radius 1 is 0.889 bits per heavy atom. The summed E-state index contributed by atoms with van der Waals surface area (Å²) < 4.78 is 0. The Morgan fingerprint density at radius 2 is 1.48 bits per heavy atom. The normalized spacial score (nSPS) is 13.3. The van der Waals surface area contributed by atoms with Crippen molar-refractivity contribution in [3.63, 3.8) is 0 Å². The van der Waals surface area contributed by atoms with Crippen LogP contribution < -0.4 is 10.6 Å². The summed E-state index contributed by atoms with van der Waals surface area (Å²) in [5, 5.41) is 6.22. The van der Waals surface area contributed by atoms with Crippen molar-refractivity contribution >= 4 is 17.4 Å². The first kappa shape index (κ1) is 20.8. The standard InChI is InChI=1S/C23H30N2O2/c1-15(2)14-19-6-8-20(9-7-19)16(3)24-17(4)23(27)25-22-12-10-21(11-13-22)18(5)26/h6-13,15-17,24H,14H2,1-5H3,(H,25,27)/t16-,17+/m1/s1. The highest BCUT2D eigenvalue weighted by atomic mass is 16.2. The lowest BCUT2D eigenvalue weighted by Gasteiger charge is -2.20. The van der Waals surface area contributed by atoms with E-state index in [9.17, 15) is 9.59 Å². The van der Waals surface area contributed by atoms with Crippen LogP contribution in [0.4, 0.5) is 5.69 Å². The fourth-order valence-electron chi connectivity index (χ4n) is 3.00. The maximum atomic E-state index is 12.4. The number of rotatable bonds is 8. The molecule has 0 heterocycles. The van der Waals surface area contributed by atoms with Crippen molar-refractivity contribution in [2.45, 2.75) is 53.1 Å². The van der Waals surface area contributed by atoms with Gasteiger partial charge in [0.05, 0.1) is 6.04 Å². The van der Waals surface area contributed by atoms with Gasteiger partial charge < -0.3 is 5.32 Å². The first-order chi connectivity index (χ1) is 12.8. The Hall–Kier alpha value is -2.46. The molecule has 0 aliphatic carbocycles. The van der Waals surface area contributed by atoms with E-state index in [0.717, 1.165) is 12.0 Å². The summed E-state index contributed by atoms with van der Waals surface area (Å²) in [5.74, 6) is 0.546. The number of anilines is 1. The minimum Gasteiger partial charge on any atom is -0.325 e. The molecule has 4 heteroatoms. The summed E-state index contributed by atoms with van der Waals surface area (Å²) in [6.07, 6.45) is 1.07. The van der Waals surface area contributed by atoms with Crippen LogP contribution in [-0.2, 0) is 11.2 Å². The lowest BCUT2D eigenvalue weighted by atomic mass is 9.99. The zero-order valence-electron chi connectivity index (χ0n) is 16.9. The van der Waals surface area contributed by atoms with E-state index in [2.05, 4.69) is 55.7 Å². The van der Waals surface area contributed by atoms with E-state index < -0.39 is 0 Å². The van der Waals surface area contributed by atoms with Gasteiger partial charge in [-0.25, -0.2) is 0 Å². The number of benzene rings is 2. The number of nitrogens with one attached hydrogen (secondary N) is 2. The van der Waals surface area contributed by atoms with Gasteiger partial charge in [0, 0.05) is 17.3 Å². The molecule has 2 aromatic carbocycles. The molecule has 144 valence electrons. The van der Waals surface area contributed by atoms with E-state index in [1.807, 2.05) is 6.92 Å². The van der Waals surface area contributed by atoms with E-state index in [0.29, 0.717) is 17.2 Å². The smallest absolute Gasteiger partial charge is 0.241 e. The monoisotopic (exact) mass is 366 g/mol. The summed E-state index contributed by atoms with van der Waals surface area (Å²) in [7, 11) is 0. The largest absolute Gasteiger partial charge is 0.325 e. The molecule has 0 saturated carbocycles. The fraction of sp³-hybridized carbons (Fsp3) is 0.391. The molecule has 2 N–H and O–H groups in total. The zero-order valence-corrected chi connectivity index (χ0v) is 16.9. The molecule has 27 heavy (non-hydrogen) atoms. The predicted molar refractivity (Wildman–Crippen MR) is 111 cm³/mol. The third-order valence-electron chi connectivity index (χ3n) is 4.58. The SMILES string of the molecule is CC(=O)c1ccc(NC(=O)[C@H](C)N[C@H](C)c2ccc(CC(C)C)cc2)cc1. The van der Waals surface area contributed by atoms with Crippen LogP contribution in [0, 0.1) is 5.92 Å². The topological polar surface area (TPSA) is 58.2 Å². The molecule has 1 amide bonds. The van der Waals surface area contributed by atoms with Crippen LogP contribution in [-0.4, -0.2) is 17.7 Å². The van der Waals surface area contributed by atoms with E-state index >= 15 is 0 Å². The molecule has 2 aromatic rings. The van der Waals surface area contributed by atoms with E-state index in [4.69, 9.17) is 0 Å². The van der Waals surface area contributed by atoms with E-state index in [1.165, 1.54) is 12.5 Å². The van der Waals surface area contributed by atoms with Gasteiger partial charge in [-0.05, 0) is 68.5 Å². The van der Waals surface area contributed by atoms with Crippen molar-refractivity contribution in [3.8, 4) is 0 Å². The number of carbonyl (C=O) groups is 2. The maximum Gasteiger partial charge on any atom is 0.241 e. The summed E-state index contributed by atoms with van der Waals surface area (Å²) in [6, 6.07) is 15.2. The molecule has 0 spiro atoms. The lowest BCUT2D eigenvalue weighted by Crippen LogP contribution is -2.39. The molecule has 0 fully saturated rings. The average Bonchev–Trinajstić information content (AvgIpc) is 2.62. The Labute approximate surface area is 162 Å². The highest BCUT2D eigenvalue weighted by Gasteiger charge is 2.16. The molecule has 0 radical (unpaired) electrons. The number of hydrogen-bond acceptors (Lipinski definition) is 3. The minimum atomic E-state index is -0.345. The third kappa shape index (κ3) is 6.33. The molecule has 0 saturated heterocycles. The summed E-state index contributed by atoms with van der Waals surface area (Å²) in [6.45, 7) is 9.86. The van der Waals surface area contributed by atoms with Crippen LogP contribution in [0.1, 0.15) is 62.1 Å². The van der Waals surface area contributed by atoms with Crippen LogP contribution >= 0.6 is 0 Å². The summed E-state index contributed by atoms with van der Waals surface area (Å²) >= 11 is 0. The molecule has 0 aliphatic rings. The van der Waals surface area contributed by atoms with Crippen molar-refractivity contribution < 1.29 is 9.59 Å². The Balaban J connectivity index is 1.91.